The highest BCUT2D eigenvalue weighted by atomic mass is 16.5. The number of benzene rings is 2. The van der Waals surface area contributed by atoms with E-state index >= 15 is 0 Å². The Morgan fingerprint density at radius 3 is 2.50 bits per heavy atom. The number of rotatable bonds is 8. The van der Waals surface area contributed by atoms with E-state index in [0.29, 0.717) is 24.7 Å². The topological polar surface area (TPSA) is 117 Å². The van der Waals surface area contributed by atoms with Crippen molar-refractivity contribution >= 4 is 11.8 Å². The van der Waals surface area contributed by atoms with Gasteiger partial charge in [-0.15, -0.1) is 0 Å². The van der Waals surface area contributed by atoms with E-state index < -0.39 is 11.7 Å². The van der Waals surface area contributed by atoms with Crippen molar-refractivity contribution in [1.29, 1.82) is 0 Å². The van der Waals surface area contributed by atoms with Crippen molar-refractivity contribution in [3.05, 3.63) is 76.4 Å². The summed E-state index contributed by atoms with van der Waals surface area (Å²) in [7, 11) is 1.75. The number of aromatic amines is 1. The second kappa shape index (κ2) is 8.93. The molecule has 0 spiro atoms. The maximum absolute atomic E-state index is 11.6. The van der Waals surface area contributed by atoms with Gasteiger partial charge in [-0.25, -0.2) is 9.59 Å². The molecule has 0 amide bonds. The van der Waals surface area contributed by atoms with Crippen LogP contribution in [0.1, 0.15) is 29.3 Å². The molecular weight excluding hydrogens is 410 g/mol. The Kier molecular flexibility index (Phi) is 5.89. The number of nitrogens with zero attached hydrogens (tertiary/aromatic N) is 4. The number of carboxylic acid groups (broad SMARTS) is 1. The minimum atomic E-state index is -0.993. The van der Waals surface area contributed by atoms with E-state index in [4.69, 9.17) is 4.52 Å². The van der Waals surface area contributed by atoms with Gasteiger partial charge < -0.3 is 14.5 Å². The molecule has 2 heterocycles. The van der Waals surface area contributed by atoms with Gasteiger partial charge in [0.15, 0.2) is 5.82 Å². The van der Waals surface area contributed by atoms with Crippen LogP contribution in [0.15, 0.2) is 64.0 Å². The number of aromatic carboxylic acids is 1. The lowest BCUT2D eigenvalue weighted by atomic mass is 9.98. The number of nitrogens with one attached hydrogen (secondary N) is 1. The molecule has 0 fully saturated rings. The van der Waals surface area contributed by atoms with E-state index in [-0.39, 0.29) is 5.56 Å². The van der Waals surface area contributed by atoms with Crippen LogP contribution in [0.3, 0.4) is 0 Å². The zero-order valence-corrected chi connectivity index (χ0v) is 17.8. The molecule has 0 aliphatic carbocycles. The van der Waals surface area contributed by atoms with Crippen LogP contribution in [-0.2, 0) is 13.6 Å². The van der Waals surface area contributed by atoms with Crippen LogP contribution in [0.2, 0.25) is 0 Å². The summed E-state index contributed by atoms with van der Waals surface area (Å²) in [5.41, 5.74) is 3.86. The average Bonchev–Trinajstić information content (AvgIpc) is 3.39. The number of anilines is 1. The van der Waals surface area contributed by atoms with Crippen molar-refractivity contribution in [3.8, 4) is 22.5 Å². The first kappa shape index (κ1) is 21.1. The lowest BCUT2D eigenvalue weighted by molar-refractivity contribution is 0.0697. The third kappa shape index (κ3) is 4.18. The van der Waals surface area contributed by atoms with Gasteiger partial charge in [-0.05, 0) is 23.1 Å². The largest absolute Gasteiger partial charge is 0.477 e. The van der Waals surface area contributed by atoms with Gasteiger partial charge in [-0.2, -0.15) is 15.2 Å². The van der Waals surface area contributed by atoms with Crippen molar-refractivity contribution in [3.63, 3.8) is 0 Å². The van der Waals surface area contributed by atoms with Gasteiger partial charge >= 0.3 is 11.7 Å². The number of carbonyl (C=O) groups is 1. The Morgan fingerprint density at radius 1 is 1.16 bits per heavy atom. The molecule has 4 aromatic rings. The van der Waals surface area contributed by atoms with Crippen LogP contribution in [0.4, 0.5) is 5.82 Å². The maximum atomic E-state index is 11.6. The molecule has 0 bridgehead atoms. The predicted molar refractivity (Wildman–Crippen MR) is 120 cm³/mol. The SMILES string of the molecule is CCCN(Cc1ccc(-c2ccccc2-c2nc(=O)o[nH]2)cc1)c1c(C(=O)O)cnn1C. The fourth-order valence-corrected chi connectivity index (χ4v) is 3.78. The molecule has 0 unspecified atom stereocenters. The molecule has 0 aliphatic rings. The Morgan fingerprint density at radius 2 is 1.88 bits per heavy atom. The van der Waals surface area contributed by atoms with Crippen LogP contribution >= 0.6 is 0 Å². The molecule has 9 heteroatoms. The smallest absolute Gasteiger partial charge is 0.460 e. The Hall–Kier alpha value is -4.14. The molecule has 0 saturated heterocycles. The number of hydrogen-bond donors (Lipinski definition) is 2. The quantitative estimate of drug-likeness (QED) is 0.436. The highest BCUT2D eigenvalue weighted by Crippen LogP contribution is 2.30. The van der Waals surface area contributed by atoms with Crippen LogP contribution in [0.5, 0.6) is 0 Å². The lowest BCUT2D eigenvalue weighted by Gasteiger charge is -2.25. The molecule has 0 saturated carbocycles. The number of H-pyrrole nitrogens is 1. The third-order valence-corrected chi connectivity index (χ3v) is 5.19. The van der Waals surface area contributed by atoms with E-state index in [1.54, 1.807) is 11.7 Å². The molecule has 2 aromatic heterocycles. The predicted octanol–water partition coefficient (Wildman–Crippen LogP) is 3.55. The molecule has 2 aromatic carbocycles. The van der Waals surface area contributed by atoms with Crippen LogP contribution in [0.25, 0.3) is 22.5 Å². The number of aromatic nitrogens is 4. The first-order valence-electron chi connectivity index (χ1n) is 10.2. The Bertz CT molecular complexity index is 1290. The zero-order chi connectivity index (χ0) is 22.7. The van der Waals surface area contributed by atoms with E-state index in [1.165, 1.54) is 6.20 Å². The highest BCUT2D eigenvalue weighted by molar-refractivity contribution is 5.93. The highest BCUT2D eigenvalue weighted by Gasteiger charge is 2.21. The average molecular weight is 433 g/mol. The van der Waals surface area contributed by atoms with Crippen LogP contribution in [-0.4, -0.2) is 37.5 Å². The maximum Gasteiger partial charge on any atom is 0.460 e. The molecular formula is C23H23N5O4. The minimum Gasteiger partial charge on any atom is -0.477 e. The van der Waals surface area contributed by atoms with E-state index in [0.717, 1.165) is 28.7 Å². The molecule has 164 valence electrons. The number of aryl methyl sites for hydroxylation is 1. The second-order valence-corrected chi connectivity index (χ2v) is 7.41. The summed E-state index contributed by atoms with van der Waals surface area (Å²) in [4.78, 5) is 28.9. The second-order valence-electron chi connectivity index (χ2n) is 7.41. The van der Waals surface area contributed by atoms with E-state index in [1.807, 2.05) is 53.4 Å². The van der Waals surface area contributed by atoms with Gasteiger partial charge in [0.05, 0.1) is 6.20 Å². The number of carboxylic acids is 1. The molecule has 0 radical (unpaired) electrons. The van der Waals surface area contributed by atoms with Gasteiger partial charge in [0, 0.05) is 25.7 Å². The zero-order valence-electron chi connectivity index (χ0n) is 17.8. The fourth-order valence-electron chi connectivity index (χ4n) is 3.78. The van der Waals surface area contributed by atoms with Crippen molar-refractivity contribution in [1.82, 2.24) is 19.9 Å². The molecule has 32 heavy (non-hydrogen) atoms. The standard InChI is InChI=1S/C23H23N5O4/c1-3-12-28(21-19(22(29)30)13-24-27(21)2)14-15-8-10-16(11-9-15)17-6-4-5-7-18(17)20-25-23(31)32-26-20/h4-11,13H,3,12,14H2,1-2H3,(H,29,30)(H,25,26,31). The number of hydrogen-bond acceptors (Lipinski definition) is 6. The first-order valence-corrected chi connectivity index (χ1v) is 10.2. The third-order valence-electron chi connectivity index (χ3n) is 5.19. The van der Waals surface area contributed by atoms with Gasteiger partial charge in [0.25, 0.3) is 0 Å². The minimum absolute atomic E-state index is 0.188. The summed E-state index contributed by atoms with van der Waals surface area (Å²) in [5, 5.41) is 16.2. The van der Waals surface area contributed by atoms with Crippen molar-refractivity contribution in [2.24, 2.45) is 7.05 Å². The summed E-state index contributed by atoms with van der Waals surface area (Å²) >= 11 is 0. The summed E-state index contributed by atoms with van der Waals surface area (Å²) in [6.07, 6.45) is 2.25. The van der Waals surface area contributed by atoms with E-state index in [9.17, 15) is 14.7 Å². The summed E-state index contributed by atoms with van der Waals surface area (Å²) < 4.78 is 6.32. The Balaban J connectivity index is 1.63. The fraction of sp³-hybridized carbons (Fsp3) is 0.217. The van der Waals surface area contributed by atoms with Gasteiger partial charge in [0.2, 0.25) is 0 Å². The van der Waals surface area contributed by atoms with Gasteiger partial charge in [-0.1, -0.05) is 55.5 Å². The molecule has 2 N–H and O–H groups in total. The monoisotopic (exact) mass is 433 g/mol. The molecule has 9 nitrogen and oxygen atoms in total. The normalized spacial score (nSPS) is 10.9. The molecule has 0 aliphatic heterocycles. The van der Waals surface area contributed by atoms with E-state index in [2.05, 4.69) is 22.2 Å². The van der Waals surface area contributed by atoms with Gasteiger partial charge in [-0.3, -0.25) is 4.68 Å². The summed E-state index contributed by atoms with van der Waals surface area (Å²) in [5.74, 6) is -0.700. The molecule has 0 atom stereocenters. The lowest BCUT2D eigenvalue weighted by Crippen LogP contribution is -2.27. The van der Waals surface area contributed by atoms with Crippen LogP contribution in [0, 0.1) is 0 Å². The molecule has 4 rings (SSSR count). The summed E-state index contributed by atoms with van der Waals surface area (Å²) in [6, 6.07) is 15.6. The van der Waals surface area contributed by atoms with Crippen molar-refractivity contribution < 1.29 is 14.4 Å². The van der Waals surface area contributed by atoms with Gasteiger partial charge in [0.1, 0.15) is 11.4 Å². The first-order chi connectivity index (χ1) is 15.5. The van der Waals surface area contributed by atoms with Crippen LogP contribution < -0.4 is 10.7 Å². The summed E-state index contributed by atoms with van der Waals surface area (Å²) in [6.45, 7) is 3.30. The van der Waals surface area contributed by atoms with Crippen molar-refractivity contribution in [2.75, 3.05) is 11.4 Å². The Labute approximate surface area is 183 Å². The van der Waals surface area contributed by atoms with Crippen molar-refractivity contribution in [2.45, 2.75) is 19.9 Å².